The number of hydrogen-bond acceptors (Lipinski definition) is 5. The van der Waals surface area contributed by atoms with Crippen LogP contribution in [0.5, 0.6) is 0 Å². The lowest BCUT2D eigenvalue weighted by atomic mass is 10.0. The molecule has 0 saturated carbocycles. The number of pyridine rings is 1. The maximum Gasteiger partial charge on any atom is 0.226 e. The molecular formula is C20H21N3O3. The second-order valence-electron chi connectivity index (χ2n) is 6.35. The second-order valence-corrected chi connectivity index (χ2v) is 6.35. The van der Waals surface area contributed by atoms with E-state index in [-0.39, 0.29) is 30.8 Å². The van der Waals surface area contributed by atoms with E-state index in [4.69, 9.17) is 0 Å². The van der Waals surface area contributed by atoms with Gasteiger partial charge in [-0.3, -0.25) is 19.6 Å². The van der Waals surface area contributed by atoms with Gasteiger partial charge in [-0.1, -0.05) is 30.3 Å². The van der Waals surface area contributed by atoms with Gasteiger partial charge in [-0.2, -0.15) is 0 Å². The van der Waals surface area contributed by atoms with Gasteiger partial charge in [0.2, 0.25) is 5.91 Å². The van der Waals surface area contributed by atoms with E-state index in [1.165, 1.54) is 6.92 Å². The van der Waals surface area contributed by atoms with Gasteiger partial charge in [0.25, 0.3) is 0 Å². The van der Waals surface area contributed by atoms with Crippen molar-refractivity contribution in [3.63, 3.8) is 0 Å². The number of carbonyl (C=O) groups is 2. The summed E-state index contributed by atoms with van der Waals surface area (Å²) in [5.41, 5.74) is 3.77. The summed E-state index contributed by atoms with van der Waals surface area (Å²) in [6.07, 6.45) is 0.104. The van der Waals surface area contributed by atoms with Crippen LogP contribution in [0, 0.1) is 0 Å². The van der Waals surface area contributed by atoms with Gasteiger partial charge in [0.1, 0.15) is 5.71 Å². The van der Waals surface area contributed by atoms with Crippen LogP contribution in [0.25, 0.3) is 0 Å². The summed E-state index contributed by atoms with van der Waals surface area (Å²) in [6.45, 7) is 3.44. The van der Waals surface area contributed by atoms with Crippen molar-refractivity contribution in [1.29, 1.82) is 0 Å². The maximum absolute atomic E-state index is 12.4. The molecule has 0 aliphatic carbocycles. The van der Waals surface area contributed by atoms with Crippen LogP contribution in [0.4, 0.5) is 0 Å². The standard InChI is InChI=1S/C20H21N3O3/c1-12(14-6-4-3-5-7-14)22-18(26)9-16-8-15-10-21-20(13(2)25)19(15)17(11-24)23-16/h3-8,12,24H,9-11H2,1-2H3,(H,22,26)/t12-/m1/s1. The van der Waals surface area contributed by atoms with E-state index in [2.05, 4.69) is 15.3 Å². The van der Waals surface area contributed by atoms with Gasteiger partial charge in [0, 0.05) is 12.5 Å². The first-order chi connectivity index (χ1) is 12.5. The molecular weight excluding hydrogens is 330 g/mol. The summed E-state index contributed by atoms with van der Waals surface area (Å²) in [4.78, 5) is 32.7. The van der Waals surface area contributed by atoms with Crippen molar-refractivity contribution in [2.24, 2.45) is 4.99 Å². The quantitative estimate of drug-likeness (QED) is 0.831. The number of carbonyl (C=O) groups excluding carboxylic acids is 2. The second kappa shape index (κ2) is 7.58. The molecule has 134 valence electrons. The molecule has 0 bridgehead atoms. The Kier molecular flexibility index (Phi) is 5.23. The largest absolute Gasteiger partial charge is 0.390 e. The minimum Gasteiger partial charge on any atom is -0.390 e. The van der Waals surface area contributed by atoms with Gasteiger partial charge in [0.15, 0.2) is 5.78 Å². The average Bonchev–Trinajstić information content (AvgIpc) is 3.05. The van der Waals surface area contributed by atoms with Crippen molar-refractivity contribution in [2.75, 3.05) is 0 Å². The minimum absolute atomic E-state index is 0.104. The highest BCUT2D eigenvalue weighted by Gasteiger charge is 2.25. The average molecular weight is 351 g/mol. The predicted molar refractivity (Wildman–Crippen MR) is 97.8 cm³/mol. The number of ketones is 1. The molecule has 3 rings (SSSR count). The van der Waals surface area contributed by atoms with E-state index < -0.39 is 0 Å². The lowest BCUT2D eigenvalue weighted by Crippen LogP contribution is -2.28. The molecule has 6 heteroatoms. The van der Waals surface area contributed by atoms with Crippen LogP contribution in [0.1, 0.15) is 48.0 Å². The molecule has 1 atom stereocenters. The Morgan fingerprint density at radius 2 is 2.00 bits per heavy atom. The third-order valence-corrected chi connectivity index (χ3v) is 4.38. The number of Topliss-reactive ketones (excluding diaryl/α,β-unsaturated/α-hetero) is 1. The van der Waals surface area contributed by atoms with Crippen molar-refractivity contribution >= 4 is 17.4 Å². The molecule has 1 aromatic heterocycles. The first-order valence-electron chi connectivity index (χ1n) is 8.52. The third-order valence-electron chi connectivity index (χ3n) is 4.38. The van der Waals surface area contributed by atoms with Crippen molar-refractivity contribution in [1.82, 2.24) is 10.3 Å². The molecule has 0 saturated heterocycles. The fourth-order valence-corrected chi connectivity index (χ4v) is 3.15. The first kappa shape index (κ1) is 17.9. The molecule has 6 nitrogen and oxygen atoms in total. The summed E-state index contributed by atoms with van der Waals surface area (Å²) in [7, 11) is 0. The van der Waals surface area contributed by atoms with Crippen molar-refractivity contribution in [3.8, 4) is 0 Å². The number of nitrogens with zero attached hydrogens (tertiary/aromatic N) is 2. The molecule has 1 aliphatic rings. The first-order valence-corrected chi connectivity index (χ1v) is 8.52. The number of aliphatic imine (C=N–C) groups is 1. The van der Waals surface area contributed by atoms with Gasteiger partial charge in [-0.25, -0.2) is 0 Å². The van der Waals surface area contributed by atoms with Crippen molar-refractivity contribution in [3.05, 3.63) is 64.5 Å². The van der Waals surface area contributed by atoms with Gasteiger partial charge in [-0.15, -0.1) is 0 Å². The molecule has 1 aromatic carbocycles. The third kappa shape index (κ3) is 3.70. The van der Waals surface area contributed by atoms with E-state index in [1.54, 1.807) is 6.07 Å². The molecule has 0 radical (unpaired) electrons. The van der Waals surface area contributed by atoms with Crippen LogP contribution < -0.4 is 5.32 Å². The number of aliphatic hydroxyl groups is 1. The van der Waals surface area contributed by atoms with Crippen LogP contribution in [-0.2, 0) is 29.2 Å². The predicted octanol–water partition coefficient (Wildman–Crippen LogP) is 1.89. The highest BCUT2D eigenvalue weighted by atomic mass is 16.3. The molecule has 2 aromatic rings. The SMILES string of the molecule is CC(=O)C1=NCc2cc(CC(=O)N[C@H](C)c3ccccc3)nc(CO)c21. The molecule has 0 unspecified atom stereocenters. The Hall–Kier alpha value is -2.86. The summed E-state index contributed by atoms with van der Waals surface area (Å²) < 4.78 is 0. The molecule has 1 amide bonds. The zero-order valence-corrected chi connectivity index (χ0v) is 14.8. The topological polar surface area (TPSA) is 91.7 Å². The van der Waals surface area contributed by atoms with Crippen molar-refractivity contribution < 1.29 is 14.7 Å². The molecule has 0 fully saturated rings. The van der Waals surface area contributed by atoms with Gasteiger partial charge >= 0.3 is 0 Å². The number of amides is 1. The van der Waals surface area contributed by atoms with Crippen molar-refractivity contribution in [2.45, 2.75) is 39.5 Å². The lowest BCUT2D eigenvalue weighted by molar-refractivity contribution is -0.121. The number of aliphatic hydroxyl groups excluding tert-OH is 1. The number of nitrogens with one attached hydrogen (secondary N) is 1. The van der Waals surface area contributed by atoms with Gasteiger partial charge in [-0.05, 0) is 24.1 Å². The normalized spacial score (nSPS) is 13.7. The Labute approximate surface area is 152 Å². The van der Waals surface area contributed by atoms with E-state index in [1.807, 2.05) is 37.3 Å². The number of benzene rings is 1. The monoisotopic (exact) mass is 351 g/mol. The fraction of sp³-hybridized carbons (Fsp3) is 0.300. The molecule has 2 heterocycles. The van der Waals surface area contributed by atoms with Crippen LogP contribution >= 0.6 is 0 Å². The van der Waals surface area contributed by atoms with Crippen LogP contribution in [0.3, 0.4) is 0 Å². The summed E-state index contributed by atoms with van der Waals surface area (Å²) in [5.74, 6) is -0.300. The maximum atomic E-state index is 12.4. The van der Waals surface area contributed by atoms with Crippen LogP contribution in [-0.4, -0.2) is 27.5 Å². The Morgan fingerprint density at radius 3 is 2.65 bits per heavy atom. The Bertz CT molecular complexity index is 875. The Balaban J connectivity index is 1.75. The zero-order chi connectivity index (χ0) is 18.7. The zero-order valence-electron chi connectivity index (χ0n) is 14.8. The van der Waals surface area contributed by atoms with E-state index in [9.17, 15) is 14.7 Å². The highest BCUT2D eigenvalue weighted by molar-refractivity contribution is 6.46. The van der Waals surface area contributed by atoms with Crippen LogP contribution in [0.15, 0.2) is 41.4 Å². The smallest absolute Gasteiger partial charge is 0.226 e. The van der Waals surface area contributed by atoms with Gasteiger partial charge in [0.05, 0.1) is 37.0 Å². The van der Waals surface area contributed by atoms with Crippen LogP contribution in [0.2, 0.25) is 0 Å². The molecule has 2 N–H and O–H groups in total. The van der Waals surface area contributed by atoms with E-state index >= 15 is 0 Å². The molecule has 0 spiro atoms. The number of hydrogen-bond donors (Lipinski definition) is 2. The number of rotatable bonds is 6. The minimum atomic E-state index is -0.301. The molecule has 26 heavy (non-hydrogen) atoms. The molecule has 1 aliphatic heterocycles. The summed E-state index contributed by atoms with van der Waals surface area (Å²) in [6, 6.07) is 11.4. The summed E-state index contributed by atoms with van der Waals surface area (Å²) in [5, 5.41) is 12.6. The van der Waals surface area contributed by atoms with Gasteiger partial charge < -0.3 is 10.4 Å². The van der Waals surface area contributed by atoms with E-state index in [0.29, 0.717) is 29.2 Å². The highest BCUT2D eigenvalue weighted by Crippen LogP contribution is 2.24. The number of aromatic nitrogens is 1. The fourth-order valence-electron chi connectivity index (χ4n) is 3.15. The number of fused-ring (bicyclic) bond motifs is 1. The summed E-state index contributed by atoms with van der Waals surface area (Å²) >= 11 is 0. The lowest BCUT2D eigenvalue weighted by Gasteiger charge is -2.15. The van der Waals surface area contributed by atoms with E-state index in [0.717, 1.165) is 11.1 Å². The Morgan fingerprint density at radius 1 is 1.27 bits per heavy atom.